The molecule has 0 saturated carbocycles. The summed E-state index contributed by atoms with van der Waals surface area (Å²) >= 11 is 3.99. The molecule has 6 heteroatoms. The van der Waals surface area contributed by atoms with E-state index >= 15 is 0 Å². The van der Waals surface area contributed by atoms with Gasteiger partial charge in [-0.25, -0.2) is 0 Å². The maximum atomic E-state index is 11.2. The molecule has 0 N–H and O–H groups in total. The standard InChI is InChI=1S/C7H8O3S2.Na.H/c1-10-12(8,9)7-5-3-2-4-6(7)11;;/h2-5,11H,1H3;;. The van der Waals surface area contributed by atoms with Gasteiger partial charge in [0.05, 0.1) is 7.11 Å². The first kappa shape index (κ1) is 13.5. The molecule has 0 aliphatic carbocycles. The van der Waals surface area contributed by atoms with E-state index in [0.717, 1.165) is 7.11 Å². The Balaban J connectivity index is 0.00000144. The Hall–Kier alpha value is 0.480. The number of hydrogen-bond acceptors (Lipinski definition) is 4. The van der Waals surface area contributed by atoms with Gasteiger partial charge in [0.25, 0.3) is 10.1 Å². The molecule has 0 spiro atoms. The van der Waals surface area contributed by atoms with Crippen molar-refractivity contribution in [1.82, 2.24) is 0 Å². The number of benzene rings is 1. The van der Waals surface area contributed by atoms with Crippen LogP contribution in [0.25, 0.3) is 0 Å². The average molecular weight is 228 g/mol. The third-order valence-electron chi connectivity index (χ3n) is 1.35. The van der Waals surface area contributed by atoms with E-state index in [2.05, 4.69) is 16.8 Å². The Morgan fingerprint density at radius 3 is 2.31 bits per heavy atom. The topological polar surface area (TPSA) is 43.4 Å². The quantitative estimate of drug-likeness (QED) is 0.459. The van der Waals surface area contributed by atoms with Gasteiger partial charge in [-0.05, 0) is 12.1 Å². The Morgan fingerprint density at radius 1 is 1.31 bits per heavy atom. The normalized spacial score (nSPS) is 10.6. The van der Waals surface area contributed by atoms with Crippen LogP contribution >= 0.6 is 12.6 Å². The third-order valence-corrected chi connectivity index (χ3v) is 3.23. The van der Waals surface area contributed by atoms with Crippen molar-refractivity contribution in [3.63, 3.8) is 0 Å². The summed E-state index contributed by atoms with van der Waals surface area (Å²) in [5.41, 5.74) is 0. The minimum atomic E-state index is -3.61. The SMILES string of the molecule is COS(=O)(=O)c1ccccc1S.[NaH]. The molecular weight excluding hydrogens is 219 g/mol. The maximum absolute atomic E-state index is 11.2. The molecule has 0 amide bonds. The van der Waals surface area contributed by atoms with Crippen molar-refractivity contribution in [3.8, 4) is 0 Å². The van der Waals surface area contributed by atoms with Gasteiger partial charge in [-0.2, -0.15) is 8.42 Å². The van der Waals surface area contributed by atoms with E-state index in [1.54, 1.807) is 18.2 Å². The van der Waals surface area contributed by atoms with Crippen molar-refractivity contribution in [2.24, 2.45) is 0 Å². The third kappa shape index (κ3) is 3.27. The van der Waals surface area contributed by atoms with E-state index in [1.165, 1.54) is 6.07 Å². The van der Waals surface area contributed by atoms with Gasteiger partial charge in [0.1, 0.15) is 4.90 Å². The van der Waals surface area contributed by atoms with Gasteiger partial charge >= 0.3 is 29.6 Å². The van der Waals surface area contributed by atoms with Crippen molar-refractivity contribution in [2.45, 2.75) is 9.79 Å². The first-order chi connectivity index (χ1) is 5.58. The molecule has 68 valence electrons. The van der Waals surface area contributed by atoms with Gasteiger partial charge in [0.2, 0.25) is 0 Å². The van der Waals surface area contributed by atoms with Crippen molar-refractivity contribution < 1.29 is 12.6 Å². The van der Waals surface area contributed by atoms with Crippen LogP contribution in [0.4, 0.5) is 0 Å². The fraction of sp³-hybridized carbons (Fsp3) is 0.143. The van der Waals surface area contributed by atoms with E-state index in [-0.39, 0.29) is 34.5 Å². The Bertz CT molecular complexity index is 375. The van der Waals surface area contributed by atoms with E-state index < -0.39 is 10.1 Å². The molecular formula is C7H9NaO3S2. The summed E-state index contributed by atoms with van der Waals surface area (Å²) in [4.78, 5) is 0.482. The van der Waals surface area contributed by atoms with Gasteiger partial charge in [0.15, 0.2) is 0 Å². The molecule has 0 aromatic heterocycles. The van der Waals surface area contributed by atoms with Crippen molar-refractivity contribution in [1.29, 1.82) is 0 Å². The second-order valence-electron chi connectivity index (χ2n) is 2.09. The molecule has 0 fully saturated rings. The molecule has 0 heterocycles. The number of rotatable bonds is 2. The van der Waals surface area contributed by atoms with Crippen LogP contribution in [0.5, 0.6) is 0 Å². The molecule has 3 nitrogen and oxygen atoms in total. The zero-order chi connectivity index (χ0) is 9.19. The summed E-state index contributed by atoms with van der Waals surface area (Å²) in [7, 11) is -2.48. The predicted octanol–water partition coefficient (Wildman–Crippen LogP) is 0.662. The van der Waals surface area contributed by atoms with Crippen LogP contribution in [0, 0.1) is 0 Å². The van der Waals surface area contributed by atoms with Gasteiger partial charge in [-0.15, -0.1) is 12.6 Å². The van der Waals surface area contributed by atoms with Gasteiger partial charge in [0, 0.05) is 4.90 Å². The Kier molecular flexibility index (Phi) is 5.58. The summed E-state index contributed by atoms with van der Waals surface area (Å²) < 4.78 is 26.6. The van der Waals surface area contributed by atoms with Crippen molar-refractivity contribution in [3.05, 3.63) is 24.3 Å². The molecule has 1 aromatic carbocycles. The van der Waals surface area contributed by atoms with Crippen molar-refractivity contribution >= 4 is 52.3 Å². The van der Waals surface area contributed by atoms with Gasteiger partial charge in [-0.1, -0.05) is 12.1 Å². The molecule has 0 saturated heterocycles. The summed E-state index contributed by atoms with van der Waals surface area (Å²) in [6.07, 6.45) is 0. The van der Waals surface area contributed by atoms with Gasteiger partial charge in [-0.3, -0.25) is 4.18 Å². The zero-order valence-electron chi connectivity index (χ0n) is 6.39. The second-order valence-corrected chi connectivity index (χ2v) is 4.25. The molecule has 0 unspecified atom stereocenters. The monoisotopic (exact) mass is 228 g/mol. The van der Waals surface area contributed by atoms with Gasteiger partial charge < -0.3 is 0 Å². The summed E-state index contributed by atoms with van der Waals surface area (Å²) in [6, 6.07) is 6.36. The summed E-state index contributed by atoms with van der Waals surface area (Å²) in [5, 5.41) is 0. The molecule has 13 heavy (non-hydrogen) atoms. The summed E-state index contributed by atoms with van der Waals surface area (Å²) in [5.74, 6) is 0. The fourth-order valence-electron chi connectivity index (χ4n) is 0.758. The molecule has 1 rings (SSSR count). The minimum absolute atomic E-state index is 0. The Morgan fingerprint density at radius 2 is 1.85 bits per heavy atom. The summed E-state index contributed by atoms with van der Waals surface area (Å²) in [6.45, 7) is 0. The van der Waals surface area contributed by atoms with E-state index in [1.807, 2.05) is 0 Å². The average Bonchev–Trinajstić information content (AvgIpc) is 2.05. The molecule has 0 aliphatic heterocycles. The molecule has 0 atom stereocenters. The molecule has 0 radical (unpaired) electrons. The van der Waals surface area contributed by atoms with E-state index in [9.17, 15) is 8.42 Å². The van der Waals surface area contributed by atoms with Crippen LogP contribution in [0.15, 0.2) is 34.1 Å². The Labute approximate surface area is 105 Å². The zero-order valence-corrected chi connectivity index (χ0v) is 8.10. The van der Waals surface area contributed by atoms with Crippen LogP contribution in [0.3, 0.4) is 0 Å². The predicted molar refractivity (Wildman–Crippen MR) is 55.0 cm³/mol. The van der Waals surface area contributed by atoms with Crippen LogP contribution in [0.1, 0.15) is 0 Å². The molecule has 0 aliphatic rings. The van der Waals surface area contributed by atoms with Crippen molar-refractivity contribution in [2.75, 3.05) is 7.11 Å². The van der Waals surface area contributed by atoms with Crippen LogP contribution in [0.2, 0.25) is 0 Å². The van der Waals surface area contributed by atoms with E-state index in [0.29, 0.717) is 4.90 Å². The number of thiol groups is 1. The first-order valence-electron chi connectivity index (χ1n) is 3.16. The first-order valence-corrected chi connectivity index (χ1v) is 5.02. The van der Waals surface area contributed by atoms with E-state index in [4.69, 9.17) is 0 Å². The van der Waals surface area contributed by atoms with Crippen LogP contribution in [-0.4, -0.2) is 45.1 Å². The van der Waals surface area contributed by atoms with Crippen LogP contribution in [-0.2, 0) is 14.3 Å². The fourth-order valence-corrected chi connectivity index (χ4v) is 2.00. The molecule has 0 bridgehead atoms. The number of hydrogen-bond donors (Lipinski definition) is 1. The second kappa shape index (κ2) is 5.38. The molecule has 1 aromatic rings. The van der Waals surface area contributed by atoms with Crippen LogP contribution < -0.4 is 0 Å².